The summed E-state index contributed by atoms with van der Waals surface area (Å²) in [6.45, 7) is 7.21. The highest BCUT2D eigenvalue weighted by Crippen LogP contribution is 2.40. The second kappa shape index (κ2) is 7.38. The van der Waals surface area contributed by atoms with Gasteiger partial charge in [-0.25, -0.2) is 4.79 Å². The van der Waals surface area contributed by atoms with E-state index in [0.717, 1.165) is 11.1 Å². The third-order valence-corrected chi connectivity index (χ3v) is 5.70. The van der Waals surface area contributed by atoms with Crippen LogP contribution in [0.5, 0.6) is 0 Å². The Morgan fingerprint density at radius 2 is 1.93 bits per heavy atom. The molecule has 7 heteroatoms. The van der Waals surface area contributed by atoms with Crippen molar-refractivity contribution in [1.29, 1.82) is 0 Å². The molecule has 2 amide bonds. The van der Waals surface area contributed by atoms with Crippen molar-refractivity contribution in [2.24, 2.45) is 0 Å². The zero-order valence-electron chi connectivity index (χ0n) is 15.9. The van der Waals surface area contributed by atoms with Gasteiger partial charge in [-0.15, -0.1) is 11.8 Å². The normalized spacial score (nSPS) is 22.1. The number of esters is 1. The highest BCUT2D eigenvalue weighted by molar-refractivity contribution is 8.00. The van der Waals surface area contributed by atoms with Gasteiger partial charge in [-0.3, -0.25) is 14.5 Å². The number of nitrogens with zero attached hydrogens (tertiary/aromatic N) is 1. The van der Waals surface area contributed by atoms with Crippen LogP contribution in [0.15, 0.2) is 41.6 Å². The molecule has 2 aliphatic rings. The van der Waals surface area contributed by atoms with E-state index in [-0.39, 0.29) is 23.6 Å². The number of β-lactam (4-membered cyclic amide) rings is 1. The monoisotopic (exact) mass is 388 g/mol. The summed E-state index contributed by atoms with van der Waals surface area (Å²) >= 11 is 1.55. The quantitative estimate of drug-likeness (QED) is 0.632. The summed E-state index contributed by atoms with van der Waals surface area (Å²) in [6.07, 6.45) is 0.218. The van der Waals surface area contributed by atoms with Gasteiger partial charge in [0.2, 0.25) is 5.91 Å². The van der Waals surface area contributed by atoms with Crippen molar-refractivity contribution in [2.75, 3.05) is 5.75 Å². The average molecular weight is 388 g/mol. The maximum Gasteiger partial charge on any atom is 0.355 e. The third-order valence-electron chi connectivity index (χ3n) is 4.28. The molecule has 27 heavy (non-hydrogen) atoms. The summed E-state index contributed by atoms with van der Waals surface area (Å²) in [6, 6.07) is 8.76. The Bertz CT molecular complexity index is 798. The fourth-order valence-corrected chi connectivity index (χ4v) is 4.39. The number of fused-ring (bicyclic) bond motifs is 1. The summed E-state index contributed by atoms with van der Waals surface area (Å²) in [5.74, 6) is -0.347. The summed E-state index contributed by atoms with van der Waals surface area (Å²) in [4.78, 5) is 39.0. The fraction of sp³-hybridized carbons (Fsp3) is 0.450. The van der Waals surface area contributed by atoms with Gasteiger partial charge in [0.05, 0.1) is 6.42 Å². The highest BCUT2D eigenvalue weighted by atomic mass is 32.2. The van der Waals surface area contributed by atoms with Crippen LogP contribution in [0.25, 0.3) is 0 Å². The molecule has 0 aliphatic carbocycles. The van der Waals surface area contributed by atoms with Gasteiger partial charge in [0.1, 0.15) is 22.7 Å². The van der Waals surface area contributed by atoms with Crippen LogP contribution < -0.4 is 5.32 Å². The van der Waals surface area contributed by atoms with Crippen molar-refractivity contribution in [2.45, 2.75) is 51.1 Å². The first kappa shape index (κ1) is 19.5. The van der Waals surface area contributed by atoms with Crippen LogP contribution in [0.3, 0.4) is 0 Å². The van der Waals surface area contributed by atoms with E-state index in [1.807, 2.05) is 37.3 Å². The van der Waals surface area contributed by atoms with Crippen LogP contribution in [-0.2, 0) is 25.5 Å². The second-order valence-electron chi connectivity index (χ2n) is 7.75. The van der Waals surface area contributed by atoms with E-state index in [9.17, 15) is 14.4 Å². The summed E-state index contributed by atoms with van der Waals surface area (Å²) in [5.41, 5.74) is 1.38. The lowest BCUT2D eigenvalue weighted by Gasteiger charge is -2.49. The summed E-state index contributed by atoms with van der Waals surface area (Å²) in [5, 5.41) is 2.54. The first-order valence-electron chi connectivity index (χ1n) is 8.88. The number of carbonyl (C=O) groups excluding carboxylic acids is 3. The maximum atomic E-state index is 12.7. The fourth-order valence-electron chi connectivity index (χ4n) is 3.09. The van der Waals surface area contributed by atoms with Gasteiger partial charge in [-0.1, -0.05) is 30.3 Å². The Balaban J connectivity index is 1.68. The molecule has 1 N–H and O–H groups in total. The molecular formula is C20H24N2O4S. The van der Waals surface area contributed by atoms with E-state index in [1.165, 1.54) is 4.90 Å². The number of benzene rings is 1. The first-order valence-corrected chi connectivity index (χ1v) is 9.93. The van der Waals surface area contributed by atoms with Crippen LogP contribution in [0.2, 0.25) is 0 Å². The van der Waals surface area contributed by atoms with Crippen molar-refractivity contribution in [3.63, 3.8) is 0 Å². The number of thioether (sulfide) groups is 1. The lowest BCUT2D eigenvalue weighted by atomic mass is 10.0. The Morgan fingerprint density at radius 1 is 1.26 bits per heavy atom. The molecule has 1 aromatic carbocycles. The molecule has 1 aromatic rings. The summed E-state index contributed by atoms with van der Waals surface area (Å²) in [7, 11) is 0. The Labute approximate surface area is 163 Å². The average Bonchev–Trinajstić information content (AvgIpc) is 2.58. The topological polar surface area (TPSA) is 75.7 Å². The van der Waals surface area contributed by atoms with E-state index in [4.69, 9.17) is 4.74 Å². The number of carbonyl (C=O) groups is 3. The Kier molecular flexibility index (Phi) is 5.33. The van der Waals surface area contributed by atoms with Crippen LogP contribution in [0.1, 0.15) is 33.3 Å². The van der Waals surface area contributed by atoms with Gasteiger partial charge in [0, 0.05) is 5.75 Å². The minimum Gasteiger partial charge on any atom is -0.455 e. The van der Waals surface area contributed by atoms with Gasteiger partial charge < -0.3 is 10.1 Å². The number of amides is 2. The number of nitrogens with one attached hydrogen (secondary N) is 1. The standard InChI is InChI=1S/C20H24N2O4S/c1-12-11-27-18-15(21-14(23)10-13-8-6-5-7-9-13)17(24)22(18)16(12)19(25)26-20(2,3)4/h5-9,15,18H,10-11H2,1-4H3,(H,21,23)/t15?,18-/m0/s1. The van der Waals surface area contributed by atoms with Crippen molar-refractivity contribution >= 4 is 29.5 Å². The third kappa shape index (κ3) is 4.18. The lowest BCUT2D eigenvalue weighted by Crippen LogP contribution is -2.70. The molecular weight excluding hydrogens is 364 g/mol. The second-order valence-corrected chi connectivity index (χ2v) is 8.85. The van der Waals surface area contributed by atoms with Gasteiger partial charge in [-0.05, 0) is 38.8 Å². The van der Waals surface area contributed by atoms with E-state index < -0.39 is 17.6 Å². The predicted octanol–water partition coefficient (Wildman–Crippen LogP) is 2.24. The van der Waals surface area contributed by atoms with E-state index in [1.54, 1.807) is 32.5 Å². The molecule has 3 rings (SSSR count). The molecule has 144 valence electrons. The number of hydrogen-bond acceptors (Lipinski definition) is 5. The predicted molar refractivity (Wildman–Crippen MR) is 104 cm³/mol. The molecule has 1 unspecified atom stereocenters. The Morgan fingerprint density at radius 3 is 2.56 bits per heavy atom. The molecule has 0 bridgehead atoms. The van der Waals surface area contributed by atoms with Crippen molar-refractivity contribution in [3.8, 4) is 0 Å². The largest absolute Gasteiger partial charge is 0.455 e. The molecule has 2 heterocycles. The van der Waals surface area contributed by atoms with E-state index in [0.29, 0.717) is 11.4 Å². The zero-order valence-corrected chi connectivity index (χ0v) is 16.8. The molecule has 0 spiro atoms. The Hall–Kier alpha value is -2.28. The molecule has 2 atom stereocenters. The van der Waals surface area contributed by atoms with E-state index >= 15 is 0 Å². The zero-order chi connectivity index (χ0) is 19.8. The van der Waals surface area contributed by atoms with Crippen molar-refractivity contribution in [1.82, 2.24) is 10.2 Å². The molecule has 1 saturated heterocycles. The van der Waals surface area contributed by atoms with Gasteiger partial charge in [0.25, 0.3) is 5.91 Å². The van der Waals surface area contributed by atoms with Gasteiger partial charge in [-0.2, -0.15) is 0 Å². The minimum atomic E-state index is -0.637. The molecule has 0 saturated carbocycles. The minimum absolute atomic E-state index is 0.204. The van der Waals surface area contributed by atoms with Gasteiger partial charge >= 0.3 is 5.97 Å². The van der Waals surface area contributed by atoms with Crippen LogP contribution in [0, 0.1) is 0 Å². The maximum absolute atomic E-state index is 12.7. The molecule has 1 fully saturated rings. The van der Waals surface area contributed by atoms with Crippen LogP contribution in [0.4, 0.5) is 0 Å². The van der Waals surface area contributed by atoms with Crippen LogP contribution >= 0.6 is 11.8 Å². The lowest BCUT2D eigenvalue weighted by molar-refractivity contribution is -0.159. The highest BCUT2D eigenvalue weighted by Gasteiger charge is 2.54. The number of rotatable bonds is 4. The molecule has 0 aromatic heterocycles. The van der Waals surface area contributed by atoms with Crippen molar-refractivity contribution in [3.05, 3.63) is 47.2 Å². The first-order chi connectivity index (χ1) is 12.7. The molecule has 0 radical (unpaired) electrons. The molecule has 2 aliphatic heterocycles. The number of ether oxygens (including phenoxy) is 1. The summed E-state index contributed by atoms with van der Waals surface area (Å²) < 4.78 is 5.46. The van der Waals surface area contributed by atoms with E-state index in [2.05, 4.69) is 5.32 Å². The smallest absolute Gasteiger partial charge is 0.355 e. The van der Waals surface area contributed by atoms with Crippen LogP contribution in [-0.4, -0.2) is 45.5 Å². The molecule has 6 nitrogen and oxygen atoms in total. The number of hydrogen-bond donors (Lipinski definition) is 1. The SMILES string of the molecule is CC1=C(C(=O)OC(C)(C)C)N2C(=O)C(NC(=O)Cc3ccccc3)[C@@H]2SC1. The van der Waals surface area contributed by atoms with Crippen molar-refractivity contribution < 1.29 is 19.1 Å². The van der Waals surface area contributed by atoms with Gasteiger partial charge in [0.15, 0.2) is 0 Å².